The quantitative estimate of drug-likeness (QED) is 0.470. The van der Waals surface area contributed by atoms with Crippen LogP contribution in [0.15, 0.2) is 35.4 Å². The van der Waals surface area contributed by atoms with Gasteiger partial charge in [0.25, 0.3) is 5.69 Å². The van der Waals surface area contributed by atoms with Crippen LogP contribution in [0.3, 0.4) is 0 Å². The van der Waals surface area contributed by atoms with Crippen LogP contribution in [0.25, 0.3) is 0 Å². The average Bonchev–Trinajstić information content (AvgIpc) is 2.57. The second-order valence-corrected chi connectivity index (χ2v) is 5.38. The number of non-ortho nitro benzene ring substituents is 1. The summed E-state index contributed by atoms with van der Waals surface area (Å²) in [5, 5.41) is 35.1. The maximum atomic E-state index is 11.1. The van der Waals surface area contributed by atoms with Gasteiger partial charge < -0.3 is 5.11 Å². The first-order chi connectivity index (χ1) is 11.8. The van der Waals surface area contributed by atoms with Gasteiger partial charge in [0.15, 0.2) is 0 Å². The van der Waals surface area contributed by atoms with Crippen LogP contribution < -0.4 is 5.43 Å². The van der Waals surface area contributed by atoms with Gasteiger partial charge in [0.1, 0.15) is 5.69 Å². The van der Waals surface area contributed by atoms with Crippen LogP contribution in [0.5, 0.6) is 0 Å². The normalized spacial score (nSPS) is 10.8. The first-order valence-corrected chi connectivity index (χ1v) is 7.26. The Labute approximate surface area is 142 Å². The van der Waals surface area contributed by atoms with E-state index in [9.17, 15) is 25.3 Å². The van der Waals surface area contributed by atoms with Crippen LogP contribution in [0.1, 0.15) is 22.3 Å². The van der Waals surface area contributed by atoms with Crippen LogP contribution in [0, 0.1) is 34.1 Å². The fraction of sp³-hybridized carbons (Fsp3) is 0.188. The minimum atomic E-state index is -0.716. The molecule has 0 aliphatic carbocycles. The van der Waals surface area contributed by atoms with Crippen LogP contribution >= 0.6 is 0 Å². The zero-order valence-corrected chi connectivity index (χ0v) is 13.6. The second-order valence-electron chi connectivity index (χ2n) is 5.38. The van der Waals surface area contributed by atoms with Crippen molar-refractivity contribution < 1.29 is 15.0 Å². The first kappa shape index (κ1) is 18.0. The number of hydrogen-bond acceptors (Lipinski definition) is 7. The zero-order valence-electron chi connectivity index (χ0n) is 13.6. The molecular formula is C16H16N4O5. The standard InChI is InChI=1S/C16H16N4O5/c1-10-5-12(11(2)13(6-10)9-21)8-17-18-15-4-3-14(19(22)23)7-16(15)20(24)25/h3-8,18,21H,9H2,1-2H3/b17-8+. The molecule has 25 heavy (non-hydrogen) atoms. The van der Waals surface area contributed by atoms with E-state index in [0.717, 1.165) is 34.4 Å². The number of anilines is 1. The third-order valence-corrected chi connectivity index (χ3v) is 3.65. The van der Waals surface area contributed by atoms with Crippen LogP contribution in [0.2, 0.25) is 0 Å². The highest BCUT2D eigenvalue weighted by Crippen LogP contribution is 2.28. The van der Waals surface area contributed by atoms with E-state index >= 15 is 0 Å². The van der Waals surface area contributed by atoms with E-state index in [4.69, 9.17) is 0 Å². The molecule has 9 nitrogen and oxygen atoms in total. The molecule has 0 amide bonds. The number of benzene rings is 2. The highest BCUT2D eigenvalue weighted by molar-refractivity contribution is 5.83. The van der Waals surface area contributed by atoms with E-state index in [1.165, 1.54) is 12.3 Å². The van der Waals surface area contributed by atoms with Gasteiger partial charge in [-0.3, -0.25) is 25.7 Å². The Morgan fingerprint density at radius 2 is 1.88 bits per heavy atom. The monoisotopic (exact) mass is 344 g/mol. The predicted octanol–water partition coefficient (Wildman–Crippen LogP) is 3.06. The van der Waals surface area contributed by atoms with Crippen molar-refractivity contribution >= 4 is 23.3 Å². The number of aryl methyl sites for hydroxylation is 1. The number of rotatable bonds is 6. The van der Waals surface area contributed by atoms with E-state index in [-0.39, 0.29) is 18.0 Å². The summed E-state index contributed by atoms with van der Waals surface area (Å²) < 4.78 is 0. The molecule has 0 aliphatic rings. The smallest absolute Gasteiger partial charge is 0.301 e. The van der Waals surface area contributed by atoms with Gasteiger partial charge in [0, 0.05) is 6.07 Å². The summed E-state index contributed by atoms with van der Waals surface area (Å²) in [5.74, 6) is 0. The molecule has 2 aromatic rings. The molecule has 9 heteroatoms. The van der Waals surface area contributed by atoms with E-state index in [1.54, 1.807) is 0 Å². The topological polar surface area (TPSA) is 131 Å². The van der Waals surface area contributed by atoms with Crippen LogP contribution in [0.4, 0.5) is 17.1 Å². The molecule has 2 aromatic carbocycles. The number of hydrogen-bond donors (Lipinski definition) is 2. The predicted molar refractivity (Wildman–Crippen MR) is 92.8 cm³/mol. The third kappa shape index (κ3) is 4.15. The maximum absolute atomic E-state index is 11.1. The fourth-order valence-corrected chi connectivity index (χ4v) is 2.31. The molecule has 0 aromatic heterocycles. The molecule has 0 heterocycles. The number of hydrazone groups is 1. The minimum absolute atomic E-state index is 0.0412. The van der Waals surface area contributed by atoms with Crippen molar-refractivity contribution in [2.45, 2.75) is 20.5 Å². The fourth-order valence-electron chi connectivity index (χ4n) is 2.31. The van der Waals surface area contributed by atoms with E-state index in [0.29, 0.717) is 0 Å². The van der Waals surface area contributed by atoms with E-state index in [2.05, 4.69) is 10.5 Å². The summed E-state index contributed by atoms with van der Waals surface area (Å²) in [6.45, 7) is 3.61. The largest absolute Gasteiger partial charge is 0.392 e. The van der Waals surface area contributed by atoms with Crippen LogP contribution in [-0.2, 0) is 6.61 Å². The van der Waals surface area contributed by atoms with Gasteiger partial charge in [0.05, 0.1) is 28.7 Å². The first-order valence-electron chi connectivity index (χ1n) is 7.26. The molecule has 0 saturated heterocycles. The molecule has 0 spiro atoms. The lowest BCUT2D eigenvalue weighted by Crippen LogP contribution is -2.00. The third-order valence-electron chi connectivity index (χ3n) is 3.65. The molecule has 0 atom stereocenters. The van der Waals surface area contributed by atoms with Gasteiger partial charge >= 0.3 is 5.69 Å². The van der Waals surface area contributed by atoms with Gasteiger partial charge in [-0.2, -0.15) is 5.10 Å². The van der Waals surface area contributed by atoms with E-state index < -0.39 is 15.5 Å². The molecule has 2 N–H and O–H groups in total. The number of nitrogens with one attached hydrogen (secondary N) is 1. The summed E-state index contributed by atoms with van der Waals surface area (Å²) in [4.78, 5) is 20.4. The lowest BCUT2D eigenvalue weighted by atomic mass is 10.0. The average molecular weight is 344 g/mol. The Hall–Kier alpha value is -3.33. The van der Waals surface area contributed by atoms with Crippen molar-refractivity contribution in [3.8, 4) is 0 Å². The zero-order chi connectivity index (χ0) is 18.6. The highest BCUT2D eigenvalue weighted by Gasteiger charge is 2.19. The summed E-state index contributed by atoms with van der Waals surface area (Å²) in [5.41, 5.74) is 5.07. The Kier molecular flexibility index (Phi) is 5.40. The minimum Gasteiger partial charge on any atom is -0.392 e. The van der Waals surface area contributed by atoms with Crippen molar-refractivity contribution in [3.63, 3.8) is 0 Å². The highest BCUT2D eigenvalue weighted by atomic mass is 16.6. The van der Waals surface area contributed by atoms with Crippen molar-refractivity contribution in [2.75, 3.05) is 5.43 Å². The molecule has 0 saturated carbocycles. The molecule has 0 unspecified atom stereocenters. The van der Waals surface area contributed by atoms with Crippen LogP contribution in [-0.4, -0.2) is 21.2 Å². The van der Waals surface area contributed by atoms with Gasteiger partial charge in [-0.1, -0.05) is 17.7 Å². The van der Waals surface area contributed by atoms with E-state index in [1.807, 2.05) is 26.0 Å². The summed E-state index contributed by atoms with van der Waals surface area (Å²) >= 11 is 0. The van der Waals surface area contributed by atoms with Gasteiger partial charge in [-0.15, -0.1) is 0 Å². The number of nitro groups is 2. The Bertz CT molecular complexity index is 864. The van der Waals surface area contributed by atoms with Crippen molar-refractivity contribution in [1.82, 2.24) is 0 Å². The van der Waals surface area contributed by atoms with Gasteiger partial charge in [-0.25, -0.2) is 0 Å². The number of aliphatic hydroxyl groups is 1. The summed E-state index contributed by atoms with van der Waals surface area (Å²) in [7, 11) is 0. The second kappa shape index (κ2) is 7.49. The Balaban J connectivity index is 2.30. The van der Waals surface area contributed by atoms with Crippen molar-refractivity contribution in [2.24, 2.45) is 5.10 Å². The molecule has 0 radical (unpaired) electrons. The Morgan fingerprint density at radius 1 is 1.16 bits per heavy atom. The molecule has 0 fully saturated rings. The summed E-state index contributed by atoms with van der Waals surface area (Å²) in [6, 6.07) is 6.99. The van der Waals surface area contributed by atoms with Gasteiger partial charge in [-0.05, 0) is 36.6 Å². The molecule has 0 aliphatic heterocycles. The SMILES string of the molecule is Cc1cc(/C=N/Nc2ccc([N+](=O)[O-])cc2[N+](=O)[O-])c(C)c(CO)c1. The summed E-state index contributed by atoms with van der Waals surface area (Å²) in [6.07, 6.45) is 1.48. The number of aliphatic hydroxyl groups excluding tert-OH is 1. The molecule has 2 rings (SSSR count). The van der Waals surface area contributed by atoms with Crippen molar-refractivity contribution in [3.05, 3.63) is 72.8 Å². The Morgan fingerprint density at radius 3 is 2.48 bits per heavy atom. The number of nitro benzene ring substituents is 2. The molecular weight excluding hydrogens is 328 g/mol. The van der Waals surface area contributed by atoms with Crippen molar-refractivity contribution in [1.29, 1.82) is 0 Å². The van der Waals surface area contributed by atoms with Gasteiger partial charge in [0.2, 0.25) is 0 Å². The maximum Gasteiger partial charge on any atom is 0.301 e. The molecule has 130 valence electrons. The lowest BCUT2D eigenvalue weighted by molar-refractivity contribution is -0.393. The number of nitrogens with zero attached hydrogens (tertiary/aromatic N) is 3. The lowest BCUT2D eigenvalue weighted by Gasteiger charge is -2.08. The molecule has 0 bridgehead atoms.